The number of aromatic nitrogens is 2. The molecular formula is C15H23N5. The van der Waals surface area contributed by atoms with Crippen LogP contribution in [0.25, 0.3) is 5.65 Å². The van der Waals surface area contributed by atoms with Gasteiger partial charge < -0.3 is 10.6 Å². The fourth-order valence-corrected chi connectivity index (χ4v) is 2.86. The molecule has 0 saturated carbocycles. The highest BCUT2D eigenvalue weighted by atomic mass is 15.3. The van der Waals surface area contributed by atoms with Crippen LogP contribution in [0, 0.1) is 0 Å². The highest BCUT2D eigenvalue weighted by Crippen LogP contribution is 2.21. The third kappa shape index (κ3) is 2.27. The van der Waals surface area contributed by atoms with Gasteiger partial charge in [0, 0.05) is 50.7 Å². The van der Waals surface area contributed by atoms with Gasteiger partial charge in [0.2, 0.25) is 0 Å². The molecule has 5 nitrogen and oxygen atoms in total. The zero-order valence-electron chi connectivity index (χ0n) is 12.3. The summed E-state index contributed by atoms with van der Waals surface area (Å²) in [6, 6.07) is 6.28. The second kappa shape index (κ2) is 5.07. The predicted molar refractivity (Wildman–Crippen MR) is 82.1 cm³/mol. The monoisotopic (exact) mass is 273 g/mol. The summed E-state index contributed by atoms with van der Waals surface area (Å²) in [7, 11) is 0. The third-order valence-corrected chi connectivity index (χ3v) is 4.37. The molecule has 2 N–H and O–H groups in total. The summed E-state index contributed by atoms with van der Waals surface area (Å²) in [4.78, 5) is 9.26. The standard InChI is InChI=1S/C15H23N5/c1-15(2,12-16)19-10-8-18(9-11-19)14-5-3-4-13-17-6-7-20(13)14/h3-7H,8-12,16H2,1-2H3. The Balaban J connectivity index is 1.77. The molecule has 0 bridgehead atoms. The molecule has 1 aliphatic heterocycles. The van der Waals surface area contributed by atoms with Gasteiger partial charge in [0.25, 0.3) is 0 Å². The molecule has 0 spiro atoms. The van der Waals surface area contributed by atoms with Crippen molar-refractivity contribution in [2.75, 3.05) is 37.6 Å². The van der Waals surface area contributed by atoms with E-state index in [-0.39, 0.29) is 5.54 Å². The first-order valence-electron chi connectivity index (χ1n) is 7.24. The van der Waals surface area contributed by atoms with Gasteiger partial charge in [-0.2, -0.15) is 0 Å². The third-order valence-electron chi connectivity index (χ3n) is 4.37. The number of nitrogens with zero attached hydrogens (tertiary/aromatic N) is 4. The highest BCUT2D eigenvalue weighted by molar-refractivity contribution is 5.51. The minimum Gasteiger partial charge on any atom is -0.355 e. The lowest BCUT2D eigenvalue weighted by atomic mass is 10.0. The second-order valence-corrected chi connectivity index (χ2v) is 6.03. The maximum Gasteiger partial charge on any atom is 0.138 e. The molecule has 2 aromatic heterocycles. The van der Waals surface area contributed by atoms with Crippen LogP contribution in [0.3, 0.4) is 0 Å². The fourth-order valence-electron chi connectivity index (χ4n) is 2.86. The van der Waals surface area contributed by atoms with E-state index in [9.17, 15) is 0 Å². The van der Waals surface area contributed by atoms with E-state index in [0.29, 0.717) is 6.54 Å². The van der Waals surface area contributed by atoms with Crippen LogP contribution in [0.15, 0.2) is 30.6 Å². The van der Waals surface area contributed by atoms with Crippen LogP contribution in [0.4, 0.5) is 5.82 Å². The van der Waals surface area contributed by atoms with Crippen LogP contribution in [-0.4, -0.2) is 52.5 Å². The summed E-state index contributed by atoms with van der Waals surface area (Å²) in [6.07, 6.45) is 3.88. The number of hydrogen-bond acceptors (Lipinski definition) is 4. The van der Waals surface area contributed by atoms with Crippen molar-refractivity contribution in [2.24, 2.45) is 5.73 Å². The number of anilines is 1. The van der Waals surface area contributed by atoms with Crippen molar-refractivity contribution in [1.29, 1.82) is 0 Å². The molecule has 0 aromatic carbocycles. The van der Waals surface area contributed by atoms with Gasteiger partial charge in [-0.05, 0) is 26.0 Å². The Labute approximate surface area is 120 Å². The average Bonchev–Trinajstić information content (AvgIpc) is 2.95. The molecule has 0 radical (unpaired) electrons. The molecule has 0 amide bonds. The molecule has 3 rings (SSSR count). The van der Waals surface area contributed by atoms with E-state index in [2.05, 4.69) is 45.2 Å². The SMILES string of the molecule is CC(C)(CN)N1CCN(c2cccc3nccn23)CC1. The molecular weight excluding hydrogens is 250 g/mol. The number of pyridine rings is 1. The van der Waals surface area contributed by atoms with Crippen molar-refractivity contribution in [3.63, 3.8) is 0 Å². The summed E-state index contributed by atoms with van der Waals surface area (Å²) < 4.78 is 2.16. The molecule has 5 heteroatoms. The normalized spacial score (nSPS) is 17.9. The molecule has 0 atom stereocenters. The van der Waals surface area contributed by atoms with Crippen molar-refractivity contribution in [2.45, 2.75) is 19.4 Å². The summed E-state index contributed by atoms with van der Waals surface area (Å²) >= 11 is 0. The number of imidazole rings is 1. The van der Waals surface area contributed by atoms with Gasteiger partial charge in [-0.25, -0.2) is 4.98 Å². The smallest absolute Gasteiger partial charge is 0.138 e. The van der Waals surface area contributed by atoms with Crippen LogP contribution in [-0.2, 0) is 0 Å². The van der Waals surface area contributed by atoms with Gasteiger partial charge in [-0.3, -0.25) is 9.30 Å². The molecule has 1 saturated heterocycles. The lowest BCUT2D eigenvalue weighted by Gasteiger charge is -2.44. The molecule has 1 aliphatic rings. The average molecular weight is 273 g/mol. The van der Waals surface area contributed by atoms with E-state index < -0.39 is 0 Å². The fraction of sp³-hybridized carbons (Fsp3) is 0.533. The quantitative estimate of drug-likeness (QED) is 0.913. The summed E-state index contributed by atoms with van der Waals surface area (Å²) in [5.41, 5.74) is 6.97. The van der Waals surface area contributed by atoms with Gasteiger partial charge in [-0.15, -0.1) is 0 Å². The minimum atomic E-state index is 0.0904. The maximum atomic E-state index is 5.88. The number of rotatable bonds is 3. The Hall–Kier alpha value is -1.59. The number of hydrogen-bond donors (Lipinski definition) is 1. The first kappa shape index (κ1) is 13.4. The van der Waals surface area contributed by atoms with Crippen LogP contribution in [0.5, 0.6) is 0 Å². The zero-order valence-corrected chi connectivity index (χ0v) is 12.3. The zero-order chi connectivity index (χ0) is 14.2. The lowest BCUT2D eigenvalue weighted by molar-refractivity contribution is 0.119. The maximum absolute atomic E-state index is 5.88. The molecule has 20 heavy (non-hydrogen) atoms. The van der Waals surface area contributed by atoms with Crippen LogP contribution in [0.2, 0.25) is 0 Å². The molecule has 0 aliphatic carbocycles. The van der Waals surface area contributed by atoms with E-state index in [0.717, 1.165) is 31.8 Å². The first-order valence-corrected chi connectivity index (χ1v) is 7.24. The van der Waals surface area contributed by atoms with Gasteiger partial charge >= 0.3 is 0 Å². The van der Waals surface area contributed by atoms with E-state index in [1.165, 1.54) is 5.82 Å². The van der Waals surface area contributed by atoms with Gasteiger partial charge in [0.1, 0.15) is 11.5 Å². The number of piperazine rings is 1. The van der Waals surface area contributed by atoms with Crippen molar-refractivity contribution in [3.8, 4) is 0 Å². The number of nitrogens with two attached hydrogens (primary N) is 1. The largest absolute Gasteiger partial charge is 0.355 e. The van der Waals surface area contributed by atoms with Crippen LogP contribution < -0.4 is 10.6 Å². The molecule has 2 aromatic rings. The molecule has 3 heterocycles. The molecule has 1 fully saturated rings. The van der Waals surface area contributed by atoms with Gasteiger partial charge in [0.15, 0.2) is 0 Å². The van der Waals surface area contributed by atoms with E-state index >= 15 is 0 Å². The van der Waals surface area contributed by atoms with Crippen LogP contribution in [0.1, 0.15) is 13.8 Å². The number of fused-ring (bicyclic) bond motifs is 1. The van der Waals surface area contributed by atoms with Crippen LogP contribution >= 0.6 is 0 Å². The summed E-state index contributed by atoms with van der Waals surface area (Å²) in [5, 5.41) is 0. The summed E-state index contributed by atoms with van der Waals surface area (Å²) in [6.45, 7) is 9.30. The lowest BCUT2D eigenvalue weighted by Crippen LogP contribution is -2.57. The van der Waals surface area contributed by atoms with E-state index in [4.69, 9.17) is 5.73 Å². The Bertz CT molecular complexity index is 581. The van der Waals surface area contributed by atoms with Gasteiger partial charge in [-0.1, -0.05) is 6.07 Å². The Morgan fingerprint density at radius 1 is 1.20 bits per heavy atom. The van der Waals surface area contributed by atoms with Crippen molar-refractivity contribution >= 4 is 11.5 Å². The van der Waals surface area contributed by atoms with Crippen molar-refractivity contribution < 1.29 is 0 Å². The van der Waals surface area contributed by atoms with Crippen molar-refractivity contribution in [3.05, 3.63) is 30.6 Å². The Morgan fingerprint density at radius 3 is 2.65 bits per heavy atom. The van der Waals surface area contributed by atoms with E-state index in [1.54, 1.807) is 0 Å². The molecule has 0 unspecified atom stereocenters. The first-order chi connectivity index (χ1) is 9.62. The second-order valence-electron chi connectivity index (χ2n) is 6.03. The summed E-state index contributed by atoms with van der Waals surface area (Å²) in [5.74, 6) is 1.23. The Morgan fingerprint density at radius 2 is 1.95 bits per heavy atom. The molecule has 108 valence electrons. The Kier molecular flexibility index (Phi) is 3.40. The van der Waals surface area contributed by atoms with E-state index in [1.807, 2.05) is 18.5 Å². The van der Waals surface area contributed by atoms with Crippen molar-refractivity contribution in [1.82, 2.24) is 14.3 Å². The van der Waals surface area contributed by atoms with Gasteiger partial charge in [0.05, 0.1) is 0 Å². The highest BCUT2D eigenvalue weighted by Gasteiger charge is 2.29. The predicted octanol–water partition coefficient (Wildman–Crippen LogP) is 1.19. The minimum absolute atomic E-state index is 0.0904. The topological polar surface area (TPSA) is 49.8 Å².